The number of benzene rings is 1. The molecule has 0 aliphatic carbocycles. The Morgan fingerprint density at radius 2 is 2.12 bits per heavy atom. The Hall–Kier alpha value is -1.55. The highest BCUT2D eigenvalue weighted by Crippen LogP contribution is 2.17. The van der Waals surface area contributed by atoms with Crippen molar-refractivity contribution in [3.8, 4) is 5.75 Å². The number of phenols is 1. The van der Waals surface area contributed by atoms with Crippen molar-refractivity contribution in [3.63, 3.8) is 0 Å². The molecule has 0 heterocycles. The highest BCUT2D eigenvalue weighted by molar-refractivity contribution is 5.78. The second kappa shape index (κ2) is 6.25. The highest BCUT2D eigenvalue weighted by Gasteiger charge is 2.04. The molecule has 0 spiro atoms. The van der Waals surface area contributed by atoms with Crippen LogP contribution in [-0.2, 0) is 11.3 Å². The van der Waals surface area contributed by atoms with Crippen LogP contribution in [0.4, 0.5) is 0 Å². The molecule has 1 amide bonds. The molecule has 0 unspecified atom stereocenters. The van der Waals surface area contributed by atoms with E-state index in [9.17, 15) is 9.90 Å². The molecule has 4 heteroatoms. The van der Waals surface area contributed by atoms with Gasteiger partial charge in [0.15, 0.2) is 0 Å². The molecule has 1 aromatic rings. The molecular formula is C13H20N2O2. The van der Waals surface area contributed by atoms with Crippen molar-refractivity contribution in [2.45, 2.75) is 33.4 Å². The minimum absolute atomic E-state index is 0.0351. The zero-order chi connectivity index (χ0) is 12.8. The van der Waals surface area contributed by atoms with Crippen molar-refractivity contribution in [3.05, 3.63) is 29.3 Å². The zero-order valence-corrected chi connectivity index (χ0v) is 10.6. The van der Waals surface area contributed by atoms with Crippen LogP contribution < -0.4 is 10.6 Å². The normalized spacial score (nSPS) is 10.6. The van der Waals surface area contributed by atoms with E-state index in [1.54, 1.807) is 6.07 Å². The monoisotopic (exact) mass is 236 g/mol. The molecule has 0 aromatic heterocycles. The van der Waals surface area contributed by atoms with Gasteiger partial charge in [0.1, 0.15) is 5.75 Å². The predicted octanol–water partition coefficient (Wildman–Crippen LogP) is 1.31. The van der Waals surface area contributed by atoms with Crippen LogP contribution in [0.15, 0.2) is 18.2 Å². The number of amides is 1. The van der Waals surface area contributed by atoms with Gasteiger partial charge < -0.3 is 15.7 Å². The summed E-state index contributed by atoms with van der Waals surface area (Å²) in [7, 11) is 0. The third kappa shape index (κ3) is 4.87. The highest BCUT2D eigenvalue weighted by atomic mass is 16.3. The molecule has 4 nitrogen and oxygen atoms in total. The lowest BCUT2D eigenvalue weighted by Crippen LogP contribution is -2.37. The molecule has 0 aliphatic rings. The SMILES string of the molecule is Cc1ccc(O)c(CNCC(=O)NC(C)C)c1. The fourth-order valence-electron chi connectivity index (χ4n) is 1.54. The Labute approximate surface area is 102 Å². The summed E-state index contributed by atoms with van der Waals surface area (Å²) in [6.07, 6.45) is 0. The Balaban J connectivity index is 2.40. The van der Waals surface area contributed by atoms with Gasteiger partial charge in [0, 0.05) is 18.2 Å². The van der Waals surface area contributed by atoms with E-state index in [1.165, 1.54) is 0 Å². The van der Waals surface area contributed by atoms with Crippen molar-refractivity contribution >= 4 is 5.91 Å². The van der Waals surface area contributed by atoms with Gasteiger partial charge in [-0.15, -0.1) is 0 Å². The lowest BCUT2D eigenvalue weighted by Gasteiger charge is -2.10. The maximum atomic E-state index is 11.4. The van der Waals surface area contributed by atoms with E-state index in [1.807, 2.05) is 32.9 Å². The fraction of sp³-hybridized carbons (Fsp3) is 0.462. The summed E-state index contributed by atoms with van der Waals surface area (Å²) in [6, 6.07) is 5.57. The number of nitrogens with one attached hydrogen (secondary N) is 2. The van der Waals surface area contributed by atoms with Crippen LogP contribution in [0.5, 0.6) is 5.75 Å². The average molecular weight is 236 g/mol. The number of carbonyl (C=O) groups is 1. The van der Waals surface area contributed by atoms with E-state index in [4.69, 9.17) is 0 Å². The molecule has 0 fully saturated rings. The predicted molar refractivity (Wildman–Crippen MR) is 67.8 cm³/mol. The second-order valence-electron chi connectivity index (χ2n) is 4.46. The maximum Gasteiger partial charge on any atom is 0.234 e. The van der Waals surface area contributed by atoms with Crippen molar-refractivity contribution in [2.75, 3.05) is 6.54 Å². The second-order valence-corrected chi connectivity index (χ2v) is 4.46. The lowest BCUT2D eigenvalue weighted by atomic mass is 10.1. The molecule has 0 bridgehead atoms. The molecule has 0 aliphatic heterocycles. The third-order valence-corrected chi connectivity index (χ3v) is 2.29. The number of hydrogen-bond acceptors (Lipinski definition) is 3. The van der Waals surface area contributed by atoms with Gasteiger partial charge in [-0.2, -0.15) is 0 Å². The zero-order valence-electron chi connectivity index (χ0n) is 10.6. The fourth-order valence-corrected chi connectivity index (χ4v) is 1.54. The molecule has 0 radical (unpaired) electrons. The van der Waals surface area contributed by atoms with Gasteiger partial charge >= 0.3 is 0 Å². The van der Waals surface area contributed by atoms with Crippen LogP contribution in [0.1, 0.15) is 25.0 Å². The molecule has 17 heavy (non-hydrogen) atoms. The van der Waals surface area contributed by atoms with Gasteiger partial charge in [-0.1, -0.05) is 17.7 Å². The van der Waals surface area contributed by atoms with Crippen LogP contribution in [0.3, 0.4) is 0 Å². The van der Waals surface area contributed by atoms with Gasteiger partial charge in [0.2, 0.25) is 5.91 Å². The third-order valence-electron chi connectivity index (χ3n) is 2.29. The van der Waals surface area contributed by atoms with Crippen molar-refractivity contribution in [2.24, 2.45) is 0 Å². The van der Waals surface area contributed by atoms with Crippen molar-refractivity contribution in [1.82, 2.24) is 10.6 Å². The number of phenolic OH excluding ortho intramolecular Hbond substituents is 1. The number of carbonyl (C=O) groups excluding carboxylic acids is 1. The topological polar surface area (TPSA) is 61.4 Å². The first-order valence-electron chi connectivity index (χ1n) is 5.77. The molecule has 0 saturated heterocycles. The summed E-state index contributed by atoms with van der Waals surface area (Å²) in [5, 5.41) is 15.4. The summed E-state index contributed by atoms with van der Waals surface area (Å²) >= 11 is 0. The Morgan fingerprint density at radius 3 is 2.76 bits per heavy atom. The number of aryl methyl sites for hydroxylation is 1. The van der Waals surface area contributed by atoms with E-state index in [-0.39, 0.29) is 24.2 Å². The van der Waals surface area contributed by atoms with Gasteiger partial charge in [0.05, 0.1) is 6.54 Å². The van der Waals surface area contributed by atoms with E-state index >= 15 is 0 Å². The number of hydrogen-bond donors (Lipinski definition) is 3. The van der Waals surface area contributed by atoms with E-state index in [0.717, 1.165) is 11.1 Å². The van der Waals surface area contributed by atoms with Crippen LogP contribution >= 0.6 is 0 Å². The van der Waals surface area contributed by atoms with Crippen LogP contribution in [0, 0.1) is 6.92 Å². The van der Waals surface area contributed by atoms with Gasteiger partial charge in [-0.3, -0.25) is 4.79 Å². The van der Waals surface area contributed by atoms with Crippen molar-refractivity contribution < 1.29 is 9.90 Å². The van der Waals surface area contributed by atoms with E-state index in [2.05, 4.69) is 10.6 Å². The van der Waals surface area contributed by atoms with E-state index in [0.29, 0.717) is 6.54 Å². The number of rotatable bonds is 5. The average Bonchev–Trinajstić information content (AvgIpc) is 2.22. The van der Waals surface area contributed by atoms with Gasteiger partial charge in [-0.05, 0) is 26.8 Å². The molecule has 1 rings (SSSR count). The summed E-state index contributed by atoms with van der Waals surface area (Å²) in [6.45, 7) is 6.55. The molecule has 1 aromatic carbocycles. The Bertz CT molecular complexity index is 389. The smallest absolute Gasteiger partial charge is 0.234 e. The van der Waals surface area contributed by atoms with Crippen LogP contribution in [-0.4, -0.2) is 23.6 Å². The molecular weight excluding hydrogens is 216 g/mol. The summed E-state index contributed by atoms with van der Waals surface area (Å²) in [4.78, 5) is 11.4. The van der Waals surface area contributed by atoms with Crippen LogP contribution in [0.2, 0.25) is 0 Å². The Kier molecular flexibility index (Phi) is 4.97. The largest absolute Gasteiger partial charge is 0.508 e. The molecule has 94 valence electrons. The molecule has 0 saturated carbocycles. The first-order chi connectivity index (χ1) is 7.99. The lowest BCUT2D eigenvalue weighted by molar-refractivity contribution is -0.120. The number of aromatic hydroxyl groups is 1. The molecule has 3 N–H and O–H groups in total. The van der Waals surface area contributed by atoms with Gasteiger partial charge in [0.25, 0.3) is 0 Å². The summed E-state index contributed by atoms with van der Waals surface area (Å²) < 4.78 is 0. The maximum absolute atomic E-state index is 11.4. The standard InChI is InChI=1S/C13H20N2O2/c1-9(2)15-13(17)8-14-7-11-6-10(3)4-5-12(11)16/h4-6,9,14,16H,7-8H2,1-3H3,(H,15,17). The minimum Gasteiger partial charge on any atom is -0.508 e. The summed E-state index contributed by atoms with van der Waals surface area (Å²) in [5.74, 6) is 0.222. The van der Waals surface area contributed by atoms with Crippen LogP contribution in [0.25, 0.3) is 0 Å². The Morgan fingerprint density at radius 1 is 1.41 bits per heavy atom. The molecule has 0 atom stereocenters. The quantitative estimate of drug-likeness (QED) is 0.722. The van der Waals surface area contributed by atoms with Crippen molar-refractivity contribution in [1.29, 1.82) is 0 Å². The van der Waals surface area contributed by atoms with E-state index < -0.39 is 0 Å². The first kappa shape index (κ1) is 13.5. The van der Waals surface area contributed by atoms with Gasteiger partial charge in [-0.25, -0.2) is 0 Å². The minimum atomic E-state index is -0.0351. The first-order valence-corrected chi connectivity index (χ1v) is 5.77. The summed E-state index contributed by atoms with van der Waals surface area (Å²) in [5.41, 5.74) is 1.90.